The fraction of sp³-hybridized carbons (Fsp3) is 0.976. The summed E-state index contributed by atoms with van der Waals surface area (Å²) in [5, 5.41) is 18.3. The lowest BCUT2D eigenvalue weighted by atomic mass is 10.0. The van der Waals surface area contributed by atoms with Gasteiger partial charge in [0.05, 0.1) is 26.4 Å². The number of unbranched alkanes of at least 4 members (excludes halogenated alkanes) is 29. The predicted molar refractivity (Wildman–Crippen MR) is 215 cm³/mol. The van der Waals surface area contributed by atoms with E-state index in [1.165, 1.54) is 167 Å². The molecule has 0 rings (SSSR count). The Hall–Kier alpha value is -0.540. The molecule has 0 aliphatic heterocycles. The van der Waals surface area contributed by atoms with Crippen molar-refractivity contribution in [2.24, 2.45) is 0 Å². The summed E-state index contributed by atoms with van der Waals surface area (Å²) in [4.78, 5) is 22.6. The molecule has 10 heteroatoms. The molecular formula is C42H85O9P. The number of ether oxygens (including phenoxy) is 2. The highest BCUT2D eigenvalue weighted by Gasteiger charge is 2.26. The molecule has 0 amide bonds. The zero-order chi connectivity index (χ0) is 38.2. The second-order valence-corrected chi connectivity index (χ2v) is 16.5. The van der Waals surface area contributed by atoms with Crippen molar-refractivity contribution >= 4 is 13.8 Å². The van der Waals surface area contributed by atoms with Crippen molar-refractivity contribution < 1.29 is 43.0 Å². The Bertz CT molecular complexity index is 785. The molecule has 0 aromatic heterocycles. The van der Waals surface area contributed by atoms with E-state index in [1.807, 2.05) is 0 Å². The van der Waals surface area contributed by atoms with Gasteiger partial charge in [-0.05, 0) is 12.8 Å². The van der Waals surface area contributed by atoms with Crippen LogP contribution >= 0.6 is 7.82 Å². The van der Waals surface area contributed by atoms with E-state index in [4.69, 9.17) is 23.6 Å². The van der Waals surface area contributed by atoms with Gasteiger partial charge in [0.15, 0.2) is 0 Å². The molecule has 0 heterocycles. The van der Waals surface area contributed by atoms with Gasteiger partial charge >= 0.3 is 13.8 Å². The van der Waals surface area contributed by atoms with Gasteiger partial charge in [0, 0.05) is 13.0 Å². The molecule has 0 bridgehead atoms. The molecule has 0 aromatic rings. The molecule has 0 aliphatic rings. The molecule has 0 aliphatic carbocycles. The number of hydrogen-bond donors (Lipinski definition) is 3. The van der Waals surface area contributed by atoms with Crippen molar-refractivity contribution in [1.82, 2.24) is 0 Å². The lowest BCUT2D eigenvalue weighted by Crippen LogP contribution is -2.29. The standard InChI is InChI=1S/C42H85O9P/c1-3-5-7-9-11-13-15-17-19-21-23-25-27-29-31-33-35-48-38-41(39-50-52(46,47)49-37-40(44)36-43)51-42(45)34-32-30-28-26-24-22-20-18-16-14-12-10-8-6-4-2/h40-41,43-44H,3-39H2,1-2H3,(H,46,47)/t40-,41+/m0/s1. The van der Waals surface area contributed by atoms with Gasteiger partial charge in [0.2, 0.25) is 0 Å². The molecule has 0 saturated heterocycles. The van der Waals surface area contributed by atoms with Crippen LogP contribution in [0.1, 0.15) is 219 Å². The Morgan fingerprint density at radius 3 is 1.25 bits per heavy atom. The predicted octanol–water partition coefficient (Wildman–Crippen LogP) is 11.9. The van der Waals surface area contributed by atoms with Crippen LogP contribution in [0.15, 0.2) is 0 Å². The molecule has 9 nitrogen and oxygen atoms in total. The second kappa shape index (κ2) is 40.1. The third-order valence-corrected chi connectivity index (χ3v) is 10.7. The Morgan fingerprint density at radius 2 is 0.865 bits per heavy atom. The van der Waals surface area contributed by atoms with Crippen molar-refractivity contribution in [3.63, 3.8) is 0 Å². The molecule has 312 valence electrons. The quantitative estimate of drug-likeness (QED) is 0.0315. The normalized spacial score (nSPS) is 14.0. The van der Waals surface area contributed by atoms with Gasteiger partial charge in [-0.15, -0.1) is 0 Å². The summed E-state index contributed by atoms with van der Waals surface area (Å²) >= 11 is 0. The van der Waals surface area contributed by atoms with Gasteiger partial charge in [-0.2, -0.15) is 0 Å². The first-order chi connectivity index (χ1) is 25.3. The lowest BCUT2D eigenvalue weighted by Gasteiger charge is -2.20. The molecule has 1 unspecified atom stereocenters. The Morgan fingerprint density at radius 1 is 0.519 bits per heavy atom. The first kappa shape index (κ1) is 51.5. The van der Waals surface area contributed by atoms with Crippen molar-refractivity contribution in [1.29, 1.82) is 0 Å². The van der Waals surface area contributed by atoms with Crippen LogP contribution in [0.3, 0.4) is 0 Å². The van der Waals surface area contributed by atoms with E-state index >= 15 is 0 Å². The maximum absolute atomic E-state index is 12.6. The Labute approximate surface area is 320 Å². The molecule has 3 atom stereocenters. The SMILES string of the molecule is CCCCCCCCCCCCCCCCCCOC[C@H](COP(=O)(O)OC[C@@H](O)CO)OC(=O)CCCCCCCCCCCCCCCCC. The minimum absolute atomic E-state index is 0.0581. The third kappa shape index (κ3) is 39.2. The molecule has 0 aromatic carbocycles. The summed E-state index contributed by atoms with van der Waals surface area (Å²) in [7, 11) is -4.51. The third-order valence-electron chi connectivity index (χ3n) is 9.79. The van der Waals surface area contributed by atoms with Crippen molar-refractivity contribution in [2.75, 3.05) is 33.0 Å². The Balaban J connectivity index is 4.11. The Kier molecular flexibility index (Phi) is 39.7. The number of carbonyl (C=O) groups is 1. The van der Waals surface area contributed by atoms with Crippen LogP contribution in [-0.4, -0.2) is 66.3 Å². The van der Waals surface area contributed by atoms with Crippen molar-refractivity contribution in [2.45, 2.75) is 232 Å². The van der Waals surface area contributed by atoms with Gasteiger partial charge in [-0.1, -0.05) is 200 Å². The van der Waals surface area contributed by atoms with E-state index in [2.05, 4.69) is 13.8 Å². The van der Waals surface area contributed by atoms with E-state index in [0.29, 0.717) is 6.61 Å². The van der Waals surface area contributed by atoms with Crippen LogP contribution in [0.4, 0.5) is 0 Å². The number of hydrogen-bond acceptors (Lipinski definition) is 8. The second-order valence-electron chi connectivity index (χ2n) is 15.1. The van der Waals surface area contributed by atoms with Crippen molar-refractivity contribution in [3.8, 4) is 0 Å². The van der Waals surface area contributed by atoms with Crippen LogP contribution < -0.4 is 0 Å². The molecular weight excluding hydrogens is 679 g/mol. The average molecular weight is 765 g/mol. The molecule has 0 radical (unpaired) electrons. The van der Waals surface area contributed by atoms with Gasteiger partial charge < -0.3 is 24.6 Å². The summed E-state index contributed by atoms with van der Waals surface area (Å²) in [5.41, 5.74) is 0. The molecule has 0 fully saturated rings. The summed E-state index contributed by atoms with van der Waals surface area (Å²) in [6.45, 7) is 3.58. The molecule has 0 spiro atoms. The van der Waals surface area contributed by atoms with E-state index in [0.717, 1.165) is 32.1 Å². The minimum Gasteiger partial charge on any atom is -0.457 e. The highest BCUT2D eigenvalue weighted by molar-refractivity contribution is 7.47. The number of phosphoric ester groups is 1. The van der Waals surface area contributed by atoms with E-state index in [1.54, 1.807) is 0 Å². The fourth-order valence-electron chi connectivity index (χ4n) is 6.42. The number of aliphatic hydroxyl groups excluding tert-OH is 2. The van der Waals surface area contributed by atoms with Gasteiger partial charge in [-0.3, -0.25) is 13.8 Å². The monoisotopic (exact) mass is 765 g/mol. The fourth-order valence-corrected chi connectivity index (χ4v) is 7.21. The van der Waals surface area contributed by atoms with Crippen molar-refractivity contribution in [3.05, 3.63) is 0 Å². The minimum atomic E-state index is -4.51. The topological polar surface area (TPSA) is 132 Å². The highest BCUT2D eigenvalue weighted by atomic mass is 31.2. The van der Waals surface area contributed by atoms with Crippen LogP contribution in [0.5, 0.6) is 0 Å². The van der Waals surface area contributed by atoms with Crippen LogP contribution in [0, 0.1) is 0 Å². The van der Waals surface area contributed by atoms with E-state index in [-0.39, 0.29) is 25.6 Å². The van der Waals surface area contributed by atoms with Crippen LogP contribution in [-0.2, 0) is 27.9 Å². The van der Waals surface area contributed by atoms with Crippen LogP contribution in [0.2, 0.25) is 0 Å². The maximum atomic E-state index is 12.6. The van der Waals surface area contributed by atoms with Gasteiger partial charge in [0.25, 0.3) is 0 Å². The summed E-state index contributed by atoms with van der Waals surface area (Å²) in [5.74, 6) is -0.376. The maximum Gasteiger partial charge on any atom is 0.472 e. The number of carbonyl (C=O) groups excluding carboxylic acids is 1. The highest BCUT2D eigenvalue weighted by Crippen LogP contribution is 2.43. The largest absolute Gasteiger partial charge is 0.472 e. The molecule has 52 heavy (non-hydrogen) atoms. The summed E-state index contributed by atoms with van der Waals surface area (Å²) in [6, 6.07) is 0. The van der Waals surface area contributed by atoms with Gasteiger partial charge in [-0.25, -0.2) is 4.57 Å². The number of rotatable bonds is 43. The van der Waals surface area contributed by atoms with E-state index < -0.39 is 33.2 Å². The molecule has 3 N–H and O–H groups in total. The zero-order valence-electron chi connectivity index (χ0n) is 34.1. The van der Waals surface area contributed by atoms with Crippen LogP contribution in [0.25, 0.3) is 0 Å². The zero-order valence-corrected chi connectivity index (χ0v) is 35.0. The van der Waals surface area contributed by atoms with Gasteiger partial charge in [0.1, 0.15) is 12.2 Å². The van der Waals surface area contributed by atoms with E-state index in [9.17, 15) is 19.4 Å². The number of aliphatic hydroxyl groups is 2. The first-order valence-electron chi connectivity index (χ1n) is 22.0. The summed E-state index contributed by atoms with van der Waals surface area (Å²) in [6.07, 6.45) is 37.7. The number of esters is 1. The first-order valence-corrected chi connectivity index (χ1v) is 23.5. The number of phosphoric acid groups is 1. The molecule has 0 saturated carbocycles. The smallest absolute Gasteiger partial charge is 0.457 e. The summed E-state index contributed by atoms with van der Waals surface area (Å²) < 4.78 is 33.4. The lowest BCUT2D eigenvalue weighted by molar-refractivity contribution is -0.154. The average Bonchev–Trinajstić information content (AvgIpc) is 3.13.